The third-order valence-electron chi connectivity index (χ3n) is 5.35. The van der Waals surface area contributed by atoms with E-state index in [4.69, 9.17) is 9.47 Å². The first-order valence-electron chi connectivity index (χ1n) is 9.68. The zero-order valence-electron chi connectivity index (χ0n) is 16.8. The van der Waals surface area contributed by atoms with Gasteiger partial charge in [0.25, 0.3) is 0 Å². The number of esters is 1. The Hall–Kier alpha value is -2.83. The summed E-state index contributed by atoms with van der Waals surface area (Å²) in [5.74, 6) is 0.466. The van der Waals surface area contributed by atoms with E-state index in [0.717, 1.165) is 32.6 Å². The molecule has 5 nitrogen and oxygen atoms in total. The number of para-hydroxylation sites is 1. The van der Waals surface area contributed by atoms with Crippen LogP contribution in [0.4, 0.5) is 5.69 Å². The molecular formula is C24H23BrN2O3. The molecule has 2 unspecified atom stereocenters. The van der Waals surface area contributed by atoms with Crippen LogP contribution in [0.15, 0.2) is 77.3 Å². The number of ether oxygens (including phenoxy) is 2. The minimum absolute atomic E-state index is 0.123. The van der Waals surface area contributed by atoms with Gasteiger partial charge in [-0.1, -0.05) is 64.5 Å². The number of nitrogens with one attached hydrogen (secondary N) is 1. The van der Waals surface area contributed by atoms with Crippen molar-refractivity contribution < 1.29 is 14.3 Å². The summed E-state index contributed by atoms with van der Waals surface area (Å²) in [4.78, 5) is 14.6. The fourth-order valence-electron chi connectivity index (χ4n) is 4.00. The van der Waals surface area contributed by atoms with Gasteiger partial charge in [0.1, 0.15) is 11.9 Å². The molecule has 3 aromatic carbocycles. The fourth-order valence-corrected chi connectivity index (χ4v) is 4.38. The molecule has 4 rings (SSSR count). The topological polar surface area (TPSA) is 50.8 Å². The summed E-state index contributed by atoms with van der Waals surface area (Å²) in [5, 5.41) is 3.61. The number of carbonyl (C=O) groups is 1. The second-order valence-corrected chi connectivity index (χ2v) is 8.00. The third kappa shape index (κ3) is 3.93. The number of carbonyl (C=O) groups excluding carboxylic acids is 1. The van der Waals surface area contributed by atoms with Crippen LogP contribution < -0.4 is 10.1 Å². The minimum atomic E-state index is -0.295. The van der Waals surface area contributed by atoms with Gasteiger partial charge in [-0.3, -0.25) is 9.69 Å². The highest BCUT2D eigenvalue weighted by Crippen LogP contribution is 2.46. The SMILES string of the molecule is COC(=O)CN1C(c2ccccc2OC)Nc2ccc(Br)cc2C1c1ccccc1. The van der Waals surface area contributed by atoms with Gasteiger partial charge in [-0.15, -0.1) is 0 Å². The molecule has 6 heteroatoms. The summed E-state index contributed by atoms with van der Waals surface area (Å²) in [7, 11) is 3.08. The van der Waals surface area contributed by atoms with E-state index >= 15 is 0 Å². The molecular weight excluding hydrogens is 444 g/mol. The highest BCUT2D eigenvalue weighted by atomic mass is 79.9. The van der Waals surface area contributed by atoms with E-state index in [0.29, 0.717) is 0 Å². The van der Waals surface area contributed by atoms with Crippen LogP contribution in [0.5, 0.6) is 5.75 Å². The number of fused-ring (bicyclic) bond motifs is 1. The lowest BCUT2D eigenvalue weighted by Gasteiger charge is -2.44. The standard InChI is InChI=1S/C24H23BrN2O3/c1-29-21-11-7-6-10-18(21)24-26-20-13-12-17(25)14-19(20)23(16-8-4-3-5-9-16)27(24)15-22(28)30-2/h3-14,23-24,26H,15H2,1-2H3. The molecule has 1 aliphatic rings. The van der Waals surface area contributed by atoms with Crippen molar-refractivity contribution in [1.82, 2.24) is 4.90 Å². The number of hydrogen-bond donors (Lipinski definition) is 1. The van der Waals surface area contributed by atoms with E-state index < -0.39 is 0 Å². The predicted molar refractivity (Wildman–Crippen MR) is 121 cm³/mol. The maximum absolute atomic E-state index is 12.4. The molecule has 0 aromatic heterocycles. The first-order valence-corrected chi connectivity index (χ1v) is 10.5. The van der Waals surface area contributed by atoms with Gasteiger partial charge in [0.05, 0.1) is 26.8 Å². The van der Waals surface area contributed by atoms with E-state index in [1.54, 1.807) is 7.11 Å². The van der Waals surface area contributed by atoms with Gasteiger partial charge in [-0.2, -0.15) is 0 Å². The van der Waals surface area contributed by atoms with Gasteiger partial charge in [-0.05, 0) is 35.4 Å². The normalized spacial score (nSPS) is 18.2. The molecule has 0 fully saturated rings. The number of anilines is 1. The van der Waals surface area contributed by atoms with Crippen molar-refractivity contribution >= 4 is 27.6 Å². The van der Waals surface area contributed by atoms with Gasteiger partial charge in [0, 0.05) is 15.7 Å². The lowest BCUT2D eigenvalue weighted by Crippen LogP contribution is -2.44. The Morgan fingerprint density at radius 1 is 1.00 bits per heavy atom. The summed E-state index contributed by atoms with van der Waals surface area (Å²) >= 11 is 3.60. The van der Waals surface area contributed by atoms with Crippen molar-refractivity contribution in [2.75, 3.05) is 26.1 Å². The van der Waals surface area contributed by atoms with Crippen molar-refractivity contribution in [2.45, 2.75) is 12.2 Å². The predicted octanol–water partition coefficient (Wildman–Crippen LogP) is 5.15. The maximum atomic E-state index is 12.4. The molecule has 0 amide bonds. The molecule has 1 heterocycles. The summed E-state index contributed by atoms with van der Waals surface area (Å²) in [6.07, 6.45) is -0.279. The quantitative estimate of drug-likeness (QED) is 0.527. The Morgan fingerprint density at radius 2 is 1.73 bits per heavy atom. The van der Waals surface area contributed by atoms with Gasteiger partial charge < -0.3 is 14.8 Å². The number of nitrogens with zero attached hydrogens (tertiary/aromatic N) is 1. The van der Waals surface area contributed by atoms with E-state index in [1.807, 2.05) is 48.5 Å². The van der Waals surface area contributed by atoms with Crippen LogP contribution in [0.25, 0.3) is 0 Å². The second-order valence-electron chi connectivity index (χ2n) is 7.08. The van der Waals surface area contributed by atoms with Crippen LogP contribution >= 0.6 is 15.9 Å². The zero-order valence-corrected chi connectivity index (χ0v) is 18.4. The molecule has 0 spiro atoms. The van der Waals surface area contributed by atoms with E-state index in [2.05, 4.69) is 50.4 Å². The van der Waals surface area contributed by atoms with Crippen molar-refractivity contribution in [2.24, 2.45) is 0 Å². The fraction of sp³-hybridized carbons (Fsp3) is 0.208. The molecule has 0 saturated carbocycles. The molecule has 30 heavy (non-hydrogen) atoms. The molecule has 0 aliphatic carbocycles. The van der Waals surface area contributed by atoms with Gasteiger partial charge in [0.2, 0.25) is 0 Å². The summed E-state index contributed by atoms with van der Waals surface area (Å²) < 4.78 is 11.7. The van der Waals surface area contributed by atoms with Crippen molar-refractivity contribution in [3.63, 3.8) is 0 Å². The second kappa shape index (κ2) is 8.90. The van der Waals surface area contributed by atoms with Crippen LogP contribution in [0, 0.1) is 0 Å². The molecule has 154 valence electrons. The van der Waals surface area contributed by atoms with Gasteiger partial charge in [0.15, 0.2) is 0 Å². The van der Waals surface area contributed by atoms with Crippen LogP contribution in [0.3, 0.4) is 0 Å². The highest BCUT2D eigenvalue weighted by Gasteiger charge is 2.38. The third-order valence-corrected chi connectivity index (χ3v) is 5.85. The molecule has 0 radical (unpaired) electrons. The summed E-state index contributed by atoms with van der Waals surface area (Å²) in [6.45, 7) is 0.123. The number of methoxy groups -OCH3 is 2. The smallest absolute Gasteiger partial charge is 0.319 e. The van der Waals surface area contributed by atoms with E-state index in [9.17, 15) is 4.79 Å². The molecule has 2 atom stereocenters. The number of benzene rings is 3. The number of halogens is 1. The molecule has 0 saturated heterocycles. The molecule has 3 aromatic rings. The Kier molecular flexibility index (Phi) is 6.06. The average Bonchev–Trinajstić information content (AvgIpc) is 2.79. The average molecular weight is 467 g/mol. The van der Waals surface area contributed by atoms with Crippen molar-refractivity contribution in [3.8, 4) is 5.75 Å². The number of hydrogen-bond acceptors (Lipinski definition) is 5. The monoisotopic (exact) mass is 466 g/mol. The lowest BCUT2D eigenvalue weighted by atomic mass is 9.91. The summed E-state index contributed by atoms with van der Waals surface area (Å²) in [5.41, 5.74) is 4.16. The van der Waals surface area contributed by atoms with Crippen LogP contribution in [-0.2, 0) is 9.53 Å². The summed E-state index contributed by atoms with van der Waals surface area (Å²) in [6, 6.07) is 24.1. The Labute approximate surface area is 184 Å². The Balaban J connectivity index is 1.92. The largest absolute Gasteiger partial charge is 0.496 e. The van der Waals surface area contributed by atoms with E-state index in [-0.39, 0.29) is 24.7 Å². The van der Waals surface area contributed by atoms with Crippen molar-refractivity contribution in [1.29, 1.82) is 0 Å². The maximum Gasteiger partial charge on any atom is 0.319 e. The lowest BCUT2D eigenvalue weighted by molar-refractivity contribution is -0.143. The Morgan fingerprint density at radius 3 is 2.47 bits per heavy atom. The van der Waals surface area contributed by atoms with Crippen molar-refractivity contribution in [3.05, 3.63) is 94.0 Å². The van der Waals surface area contributed by atoms with Gasteiger partial charge >= 0.3 is 5.97 Å². The highest BCUT2D eigenvalue weighted by molar-refractivity contribution is 9.10. The van der Waals surface area contributed by atoms with Crippen LogP contribution in [-0.4, -0.2) is 31.6 Å². The molecule has 1 aliphatic heterocycles. The van der Waals surface area contributed by atoms with E-state index in [1.165, 1.54) is 7.11 Å². The number of rotatable bonds is 5. The van der Waals surface area contributed by atoms with Crippen LogP contribution in [0.2, 0.25) is 0 Å². The first-order chi connectivity index (χ1) is 14.6. The molecule has 1 N–H and O–H groups in total. The molecule has 0 bridgehead atoms. The Bertz CT molecular complexity index is 1040. The first kappa shape index (κ1) is 20.4. The zero-order chi connectivity index (χ0) is 21.1. The van der Waals surface area contributed by atoms with Crippen LogP contribution in [0.1, 0.15) is 28.9 Å². The minimum Gasteiger partial charge on any atom is -0.496 e. The van der Waals surface area contributed by atoms with Gasteiger partial charge in [-0.25, -0.2) is 0 Å².